The predicted octanol–water partition coefficient (Wildman–Crippen LogP) is 5.79. The van der Waals surface area contributed by atoms with Crippen molar-refractivity contribution in [1.82, 2.24) is 4.90 Å². The molecule has 1 aliphatic heterocycles. The first-order valence-corrected chi connectivity index (χ1v) is 10.7. The molecule has 1 heterocycles. The van der Waals surface area contributed by atoms with E-state index in [1.807, 2.05) is 6.92 Å². The fourth-order valence-corrected chi connectivity index (χ4v) is 3.99. The van der Waals surface area contributed by atoms with Gasteiger partial charge in [0, 0.05) is 11.0 Å². The van der Waals surface area contributed by atoms with E-state index in [0.717, 1.165) is 22.2 Å². The molecule has 2 aromatic carbocycles. The number of imide groups is 1. The van der Waals surface area contributed by atoms with E-state index in [0.29, 0.717) is 33.0 Å². The lowest BCUT2D eigenvalue weighted by Gasteiger charge is -2.14. The maximum absolute atomic E-state index is 13.1. The summed E-state index contributed by atoms with van der Waals surface area (Å²) in [5, 5.41) is -0.327. The number of thioether (sulfide) groups is 1. The molecule has 156 valence electrons. The number of carbonyl (C=O) groups is 2. The van der Waals surface area contributed by atoms with E-state index in [4.69, 9.17) is 9.47 Å². The number of halogens is 2. The van der Waals surface area contributed by atoms with Gasteiger partial charge >= 0.3 is 0 Å². The van der Waals surface area contributed by atoms with E-state index < -0.39 is 0 Å². The Balaban J connectivity index is 1.85. The van der Waals surface area contributed by atoms with Crippen molar-refractivity contribution in [3.05, 3.63) is 75.4 Å². The summed E-state index contributed by atoms with van der Waals surface area (Å²) in [5.74, 6) is 0.342. The van der Waals surface area contributed by atoms with Gasteiger partial charge in [0.1, 0.15) is 12.4 Å². The molecule has 0 spiro atoms. The summed E-state index contributed by atoms with van der Waals surface area (Å²) < 4.78 is 25.3. The number of benzene rings is 2. The largest absolute Gasteiger partial charge is 0.490 e. The van der Waals surface area contributed by atoms with Crippen molar-refractivity contribution in [3.63, 3.8) is 0 Å². The van der Waals surface area contributed by atoms with Gasteiger partial charge in [-0.3, -0.25) is 14.5 Å². The van der Waals surface area contributed by atoms with Gasteiger partial charge in [0.2, 0.25) is 0 Å². The van der Waals surface area contributed by atoms with Crippen LogP contribution >= 0.6 is 27.7 Å². The molecule has 0 N–H and O–H groups in total. The Morgan fingerprint density at radius 1 is 1.17 bits per heavy atom. The van der Waals surface area contributed by atoms with E-state index in [1.54, 1.807) is 30.3 Å². The molecular weight excluding hydrogens is 473 g/mol. The number of amides is 2. The number of nitrogens with zero attached hydrogens (tertiary/aromatic N) is 1. The first-order valence-electron chi connectivity index (χ1n) is 9.12. The Kier molecular flexibility index (Phi) is 7.33. The average Bonchev–Trinajstić information content (AvgIpc) is 2.98. The second-order valence-corrected chi connectivity index (χ2v) is 8.10. The summed E-state index contributed by atoms with van der Waals surface area (Å²) in [5.41, 5.74) is 1.49. The highest BCUT2D eigenvalue weighted by molar-refractivity contribution is 9.10. The second-order valence-electron chi connectivity index (χ2n) is 6.25. The molecule has 0 aromatic heterocycles. The normalized spacial score (nSPS) is 15.0. The van der Waals surface area contributed by atoms with Crippen LogP contribution in [0.25, 0.3) is 6.08 Å². The number of ether oxygens (including phenoxy) is 2. The van der Waals surface area contributed by atoms with Crippen molar-refractivity contribution < 1.29 is 23.5 Å². The minimum absolute atomic E-state index is 0.170. The topological polar surface area (TPSA) is 55.8 Å². The molecule has 1 saturated heterocycles. The first-order chi connectivity index (χ1) is 14.4. The Morgan fingerprint density at radius 2 is 1.87 bits per heavy atom. The highest BCUT2D eigenvalue weighted by Crippen LogP contribution is 2.38. The van der Waals surface area contributed by atoms with Crippen LogP contribution in [0, 0.1) is 5.82 Å². The van der Waals surface area contributed by atoms with Crippen LogP contribution in [0.5, 0.6) is 11.5 Å². The third-order valence-corrected chi connectivity index (χ3v) is 5.74. The quantitative estimate of drug-likeness (QED) is 0.345. The van der Waals surface area contributed by atoms with Crippen LogP contribution in [0.2, 0.25) is 0 Å². The monoisotopic (exact) mass is 491 g/mol. The van der Waals surface area contributed by atoms with Crippen molar-refractivity contribution in [2.24, 2.45) is 0 Å². The molecule has 0 bridgehead atoms. The smallest absolute Gasteiger partial charge is 0.293 e. The van der Waals surface area contributed by atoms with E-state index in [9.17, 15) is 14.0 Å². The second kappa shape index (κ2) is 9.95. The number of hydrogen-bond donors (Lipinski definition) is 0. The van der Waals surface area contributed by atoms with Gasteiger partial charge in [-0.1, -0.05) is 34.1 Å². The van der Waals surface area contributed by atoms with E-state index >= 15 is 0 Å². The predicted molar refractivity (Wildman–Crippen MR) is 119 cm³/mol. The van der Waals surface area contributed by atoms with Gasteiger partial charge in [-0.05, 0) is 60.2 Å². The maximum Gasteiger partial charge on any atom is 0.293 e. The number of rotatable bonds is 8. The highest BCUT2D eigenvalue weighted by atomic mass is 79.9. The van der Waals surface area contributed by atoms with Crippen LogP contribution < -0.4 is 9.47 Å². The minimum atomic E-state index is -0.355. The van der Waals surface area contributed by atoms with Gasteiger partial charge in [-0.25, -0.2) is 4.39 Å². The molecule has 3 rings (SSSR count). The van der Waals surface area contributed by atoms with Gasteiger partial charge in [0.05, 0.1) is 11.5 Å². The van der Waals surface area contributed by atoms with E-state index in [2.05, 4.69) is 22.5 Å². The molecule has 1 aliphatic rings. The van der Waals surface area contributed by atoms with Crippen LogP contribution in [-0.4, -0.2) is 29.2 Å². The van der Waals surface area contributed by atoms with Gasteiger partial charge in [-0.2, -0.15) is 0 Å². The highest BCUT2D eigenvalue weighted by Gasteiger charge is 2.34. The molecule has 2 aromatic rings. The van der Waals surface area contributed by atoms with Crippen molar-refractivity contribution >= 4 is 44.9 Å². The molecular formula is C22H19BrFNO4S. The Hall–Kier alpha value is -2.58. The molecule has 0 saturated carbocycles. The van der Waals surface area contributed by atoms with Gasteiger partial charge < -0.3 is 9.47 Å². The summed E-state index contributed by atoms with van der Waals surface area (Å²) in [7, 11) is 0. The van der Waals surface area contributed by atoms with Gasteiger partial charge in [0.25, 0.3) is 11.1 Å². The van der Waals surface area contributed by atoms with Crippen molar-refractivity contribution in [1.29, 1.82) is 0 Å². The fraction of sp³-hybridized carbons (Fsp3) is 0.182. The molecule has 8 heteroatoms. The summed E-state index contributed by atoms with van der Waals surface area (Å²) in [4.78, 5) is 25.9. The summed E-state index contributed by atoms with van der Waals surface area (Å²) in [6.07, 6.45) is 3.15. The average molecular weight is 492 g/mol. The lowest BCUT2D eigenvalue weighted by Crippen LogP contribution is -2.27. The summed E-state index contributed by atoms with van der Waals surface area (Å²) in [6.45, 7) is 6.26. The Bertz CT molecular complexity index is 1010. The van der Waals surface area contributed by atoms with Crippen LogP contribution in [0.4, 0.5) is 9.18 Å². The summed E-state index contributed by atoms with van der Waals surface area (Å²) in [6, 6.07) is 9.54. The molecule has 0 aliphatic carbocycles. The molecule has 0 atom stereocenters. The van der Waals surface area contributed by atoms with Crippen molar-refractivity contribution in [2.45, 2.75) is 13.5 Å². The molecule has 0 radical (unpaired) electrons. The maximum atomic E-state index is 13.1. The van der Waals surface area contributed by atoms with Crippen LogP contribution in [0.1, 0.15) is 18.1 Å². The number of carbonyl (C=O) groups excluding carboxylic acids is 2. The standard InChI is InChI=1S/C22H19BrFNO4S/c1-3-9-25-21(26)20(30-22(25)27)11-15-10-18(28-4-2)19(12-17(15)23)29-13-14-5-7-16(24)8-6-14/h3,5-8,10-12H,1,4,9,13H2,2H3/b20-11+. The molecule has 0 unspecified atom stereocenters. The van der Waals surface area contributed by atoms with Gasteiger partial charge in [0.15, 0.2) is 11.5 Å². The van der Waals surface area contributed by atoms with Crippen molar-refractivity contribution in [3.8, 4) is 11.5 Å². The third-order valence-electron chi connectivity index (χ3n) is 4.14. The summed E-state index contributed by atoms with van der Waals surface area (Å²) >= 11 is 4.38. The fourth-order valence-electron chi connectivity index (χ4n) is 2.71. The third kappa shape index (κ3) is 5.12. The van der Waals surface area contributed by atoms with E-state index in [-0.39, 0.29) is 30.1 Å². The molecule has 30 heavy (non-hydrogen) atoms. The lowest BCUT2D eigenvalue weighted by molar-refractivity contribution is -0.122. The van der Waals surface area contributed by atoms with E-state index in [1.165, 1.54) is 18.2 Å². The van der Waals surface area contributed by atoms with Crippen LogP contribution in [0.3, 0.4) is 0 Å². The van der Waals surface area contributed by atoms with Gasteiger partial charge in [-0.15, -0.1) is 6.58 Å². The number of hydrogen-bond acceptors (Lipinski definition) is 5. The minimum Gasteiger partial charge on any atom is -0.490 e. The zero-order chi connectivity index (χ0) is 21.7. The van der Waals surface area contributed by atoms with Crippen LogP contribution in [-0.2, 0) is 11.4 Å². The zero-order valence-corrected chi connectivity index (χ0v) is 18.6. The Labute approximate surface area is 186 Å². The van der Waals surface area contributed by atoms with Crippen molar-refractivity contribution in [2.75, 3.05) is 13.2 Å². The molecule has 1 fully saturated rings. The Morgan fingerprint density at radius 3 is 2.53 bits per heavy atom. The lowest BCUT2D eigenvalue weighted by atomic mass is 10.1. The van der Waals surface area contributed by atoms with Crippen LogP contribution in [0.15, 0.2) is 58.4 Å². The first kappa shape index (κ1) is 22.1. The zero-order valence-electron chi connectivity index (χ0n) is 16.2. The molecule has 2 amide bonds. The molecule has 5 nitrogen and oxygen atoms in total. The SMILES string of the molecule is C=CCN1C(=O)S/C(=C/c2cc(OCC)c(OCc3ccc(F)cc3)cc2Br)C1=O.